The number of piperidine rings is 1. The van der Waals surface area contributed by atoms with Gasteiger partial charge in [-0.2, -0.15) is 0 Å². The van der Waals surface area contributed by atoms with Gasteiger partial charge in [0.1, 0.15) is 5.69 Å². The van der Waals surface area contributed by atoms with Gasteiger partial charge in [-0.3, -0.25) is 4.79 Å². The second-order valence-electron chi connectivity index (χ2n) is 5.32. The molecule has 1 aromatic rings. The lowest BCUT2D eigenvalue weighted by Gasteiger charge is -2.26. The van der Waals surface area contributed by atoms with Crippen molar-refractivity contribution in [3.8, 4) is 0 Å². The van der Waals surface area contributed by atoms with Gasteiger partial charge in [-0.1, -0.05) is 0 Å². The molecule has 0 saturated carbocycles. The first-order valence-electron chi connectivity index (χ1n) is 7.48. The highest BCUT2D eigenvalue weighted by atomic mass is 16.5. The Morgan fingerprint density at radius 1 is 1.55 bits per heavy atom. The van der Waals surface area contributed by atoms with Crippen LogP contribution in [-0.4, -0.2) is 42.8 Å². The fraction of sp³-hybridized carbons (Fsp3) is 0.667. The van der Waals surface area contributed by atoms with Gasteiger partial charge in [0.05, 0.1) is 6.61 Å². The molecule has 112 valence electrons. The van der Waals surface area contributed by atoms with Gasteiger partial charge in [0, 0.05) is 24.9 Å². The first-order valence-corrected chi connectivity index (χ1v) is 7.48. The summed E-state index contributed by atoms with van der Waals surface area (Å²) in [5.41, 5.74) is 0.750. The fourth-order valence-corrected chi connectivity index (χ4v) is 2.62. The van der Waals surface area contributed by atoms with Crippen LogP contribution in [0.15, 0.2) is 18.3 Å². The van der Waals surface area contributed by atoms with Crippen LogP contribution in [0.1, 0.15) is 43.2 Å². The molecular formula is C15H25N3O2. The number of rotatable bonds is 6. The molecule has 0 spiro atoms. The van der Waals surface area contributed by atoms with Crippen LogP contribution in [0.4, 0.5) is 0 Å². The van der Waals surface area contributed by atoms with Crippen LogP contribution in [0.3, 0.4) is 0 Å². The Morgan fingerprint density at radius 2 is 2.30 bits per heavy atom. The zero-order valence-electron chi connectivity index (χ0n) is 12.4. The minimum Gasteiger partial charge on any atom is -0.380 e. The lowest BCUT2D eigenvalue weighted by molar-refractivity contribution is 0.0860. The third-order valence-electron chi connectivity index (χ3n) is 3.66. The molecule has 20 heavy (non-hydrogen) atoms. The number of carbonyl (C=O) groups excluding carboxylic acids is 1. The van der Waals surface area contributed by atoms with E-state index in [1.807, 2.05) is 32.2 Å². The van der Waals surface area contributed by atoms with E-state index in [2.05, 4.69) is 15.2 Å². The molecule has 0 radical (unpaired) electrons. The molecule has 1 saturated heterocycles. The molecule has 2 rings (SSSR count). The number of aromatic nitrogens is 1. The van der Waals surface area contributed by atoms with Crippen molar-refractivity contribution in [3.63, 3.8) is 0 Å². The number of carbonyl (C=O) groups is 1. The Morgan fingerprint density at radius 3 is 3.00 bits per heavy atom. The van der Waals surface area contributed by atoms with Crippen LogP contribution in [0.2, 0.25) is 0 Å². The molecule has 0 aromatic carbocycles. The number of nitrogens with zero attached hydrogens (tertiary/aromatic N) is 1. The van der Waals surface area contributed by atoms with Gasteiger partial charge in [-0.15, -0.1) is 0 Å². The third-order valence-corrected chi connectivity index (χ3v) is 3.66. The number of hydrogen-bond acceptors (Lipinski definition) is 3. The average Bonchev–Trinajstić information content (AvgIpc) is 2.95. The Labute approximate surface area is 120 Å². The summed E-state index contributed by atoms with van der Waals surface area (Å²) >= 11 is 0. The molecule has 1 atom stereocenters. The molecule has 0 bridgehead atoms. The molecule has 2 N–H and O–H groups in total. The molecule has 5 nitrogen and oxygen atoms in total. The van der Waals surface area contributed by atoms with Gasteiger partial charge in [-0.25, -0.2) is 0 Å². The van der Waals surface area contributed by atoms with E-state index < -0.39 is 0 Å². The predicted octanol–water partition coefficient (Wildman–Crippen LogP) is 1.57. The predicted molar refractivity (Wildman–Crippen MR) is 79.0 cm³/mol. The summed E-state index contributed by atoms with van der Waals surface area (Å²) < 4.78 is 7.44. The van der Waals surface area contributed by atoms with E-state index in [9.17, 15) is 4.79 Å². The Hall–Kier alpha value is -1.33. The van der Waals surface area contributed by atoms with E-state index in [1.165, 1.54) is 0 Å². The fourth-order valence-electron chi connectivity index (χ4n) is 2.62. The summed E-state index contributed by atoms with van der Waals surface area (Å²) in [7, 11) is 0. The van der Waals surface area contributed by atoms with Crippen LogP contribution >= 0.6 is 0 Å². The van der Waals surface area contributed by atoms with Crippen LogP contribution in [0.25, 0.3) is 0 Å². The summed E-state index contributed by atoms with van der Waals surface area (Å²) in [6.45, 7) is 7.18. The van der Waals surface area contributed by atoms with Crippen molar-refractivity contribution in [1.82, 2.24) is 15.2 Å². The topological polar surface area (TPSA) is 55.3 Å². The molecule has 2 heterocycles. The van der Waals surface area contributed by atoms with Crippen molar-refractivity contribution < 1.29 is 9.53 Å². The summed E-state index contributed by atoms with van der Waals surface area (Å²) in [5.74, 6) is -0.0132. The first-order chi connectivity index (χ1) is 9.72. The average molecular weight is 279 g/mol. The largest absolute Gasteiger partial charge is 0.380 e. The van der Waals surface area contributed by atoms with E-state index in [-0.39, 0.29) is 11.9 Å². The van der Waals surface area contributed by atoms with Crippen LogP contribution < -0.4 is 10.6 Å². The van der Waals surface area contributed by atoms with Crippen molar-refractivity contribution in [2.75, 3.05) is 26.3 Å². The van der Waals surface area contributed by atoms with Crippen LogP contribution in [0.5, 0.6) is 0 Å². The molecule has 5 heteroatoms. The van der Waals surface area contributed by atoms with E-state index in [0.29, 0.717) is 19.3 Å². The van der Waals surface area contributed by atoms with E-state index >= 15 is 0 Å². The van der Waals surface area contributed by atoms with Crippen molar-refractivity contribution in [3.05, 3.63) is 24.0 Å². The first kappa shape index (κ1) is 15.1. The number of ether oxygens (including phenoxy) is 1. The summed E-state index contributed by atoms with van der Waals surface area (Å²) in [6, 6.07) is 4.29. The van der Waals surface area contributed by atoms with Crippen molar-refractivity contribution in [2.24, 2.45) is 0 Å². The molecule has 1 aliphatic heterocycles. The van der Waals surface area contributed by atoms with Crippen LogP contribution in [0, 0.1) is 0 Å². The standard InChI is InChI=1S/C15H25N3O2/c1-3-20-11-12(2)17-15(19)14-5-4-10-18(14)13-6-8-16-9-7-13/h4-5,10,12-13,16H,3,6-9,11H2,1-2H3,(H,17,19). The Balaban J connectivity index is 1.97. The maximum Gasteiger partial charge on any atom is 0.268 e. The highest BCUT2D eigenvalue weighted by molar-refractivity contribution is 5.93. The highest BCUT2D eigenvalue weighted by Gasteiger charge is 2.20. The lowest BCUT2D eigenvalue weighted by Crippen LogP contribution is -2.38. The van der Waals surface area contributed by atoms with Gasteiger partial charge < -0.3 is 19.9 Å². The van der Waals surface area contributed by atoms with Gasteiger partial charge in [-0.05, 0) is 51.9 Å². The molecule has 1 aromatic heterocycles. The smallest absolute Gasteiger partial charge is 0.268 e. The zero-order chi connectivity index (χ0) is 14.4. The summed E-state index contributed by atoms with van der Waals surface area (Å²) in [4.78, 5) is 12.3. The number of nitrogens with one attached hydrogen (secondary N) is 2. The minimum absolute atomic E-state index is 0.0132. The zero-order valence-corrected chi connectivity index (χ0v) is 12.4. The Bertz CT molecular complexity index is 425. The molecule has 1 aliphatic rings. The number of amides is 1. The quantitative estimate of drug-likeness (QED) is 0.831. The van der Waals surface area contributed by atoms with Crippen molar-refractivity contribution >= 4 is 5.91 Å². The molecular weight excluding hydrogens is 254 g/mol. The maximum absolute atomic E-state index is 12.3. The summed E-state index contributed by atoms with van der Waals surface area (Å²) in [5, 5.41) is 6.35. The normalized spacial score (nSPS) is 17.9. The minimum atomic E-state index is -0.0132. The maximum atomic E-state index is 12.3. The van der Waals surface area contributed by atoms with E-state index in [0.717, 1.165) is 31.6 Å². The number of hydrogen-bond donors (Lipinski definition) is 2. The van der Waals surface area contributed by atoms with E-state index in [1.54, 1.807) is 0 Å². The van der Waals surface area contributed by atoms with Crippen molar-refractivity contribution in [1.29, 1.82) is 0 Å². The second-order valence-corrected chi connectivity index (χ2v) is 5.32. The van der Waals surface area contributed by atoms with Gasteiger partial charge in [0.25, 0.3) is 5.91 Å². The molecule has 1 amide bonds. The Kier molecular flexibility index (Phi) is 5.61. The van der Waals surface area contributed by atoms with E-state index in [4.69, 9.17) is 4.74 Å². The second kappa shape index (κ2) is 7.45. The van der Waals surface area contributed by atoms with Gasteiger partial charge >= 0.3 is 0 Å². The highest BCUT2D eigenvalue weighted by Crippen LogP contribution is 2.21. The summed E-state index contributed by atoms with van der Waals surface area (Å²) in [6.07, 6.45) is 4.16. The molecule has 0 aliphatic carbocycles. The monoisotopic (exact) mass is 279 g/mol. The van der Waals surface area contributed by atoms with Crippen molar-refractivity contribution in [2.45, 2.75) is 38.8 Å². The molecule has 1 fully saturated rings. The van der Waals surface area contributed by atoms with Gasteiger partial charge in [0.15, 0.2) is 0 Å². The SMILES string of the molecule is CCOCC(C)NC(=O)c1cccn1C1CCNCC1. The van der Waals surface area contributed by atoms with Crippen LogP contribution in [-0.2, 0) is 4.74 Å². The lowest BCUT2D eigenvalue weighted by atomic mass is 10.1. The van der Waals surface area contributed by atoms with Gasteiger partial charge in [0.2, 0.25) is 0 Å². The third kappa shape index (κ3) is 3.84. The molecule has 1 unspecified atom stereocenters.